The van der Waals surface area contributed by atoms with Crippen molar-refractivity contribution in [2.45, 2.75) is 13.5 Å². The van der Waals surface area contributed by atoms with Crippen LogP contribution < -0.4 is 10.1 Å². The number of amides is 1. The summed E-state index contributed by atoms with van der Waals surface area (Å²) in [5, 5.41) is 2.78. The molecule has 0 aliphatic heterocycles. The molecule has 1 heterocycles. The van der Waals surface area contributed by atoms with Gasteiger partial charge in [-0.3, -0.25) is 4.79 Å². The maximum atomic E-state index is 12.0. The van der Waals surface area contributed by atoms with E-state index < -0.39 is 0 Å². The van der Waals surface area contributed by atoms with E-state index in [1.165, 1.54) is 0 Å². The average Bonchev–Trinajstić information content (AvgIpc) is 3.02. The molecular formula is C19H17NO3. The quantitative estimate of drug-likeness (QED) is 0.759. The fourth-order valence-corrected chi connectivity index (χ4v) is 2.12. The third kappa shape index (κ3) is 4.01. The fourth-order valence-electron chi connectivity index (χ4n) is 2.12. The van der Waals surface area contributed by atoms with Crippen LogP contribution in [0.5, 0.6) is 5.75 Å². The van der Waals surface area contributed by atoms with Crippen molar-refractivity contribution in [2.24, 2.45) is 0 Å². The van der Waals surface area contributed by atoms with Gasteiger partial charge >= 0.3 is 0 Å². The van der Waals surface area contributed by atoms with E-state index in [2.05, 4.69) is 5.32 Å². The summed E-state index contributed by atoms with van der Waals surface area (Å²) in [5.74, 6) is 1.49. The number of carbonyl (C=O) groups excluding carboxylic acids is 1. The fraction of sp³-hybridized carbons (Fsp3) is 0.105. The molecule has 23 heavy (non-hydrogen) atoms. The van der Waals surface area contributed by atoms with E-state index in [1.807, 2.05) is 42.5 Å². The van der Waals surface area contributed by atoms with Gasteiger partial charge in [0.05, 0.1) is 0 Å². The second-order valence-electron chi connectivity index (χ2n) is 5.16. The van der Waals surface area contributed by atoms with Gasteiger partial charge in [0.25, 0.3) is 5.91 Å². The first-order chi connectivity index (χ1) is 11.2. The van der Waals surface area contributed by atoms with Crippen LogP contribution in [0.3, 0.4) is 0 Å². The van der Waals surface area contributed by atoms with E-state index in [-0.39, 0.29) is 5.91 Å². The number of benzene rings is 2. The Morgan fingerprint density at radius 3 is 2.39 bits per heavy atom. The minimum Gasteiger partial charge on any atom is -0.489 e. The topological polar surface area (TPSA) is 51.5 Å². The van der Waals surface area contributed by atoms with Crippen molar-refractivity contribution in [3.63, 3.8) is 0 Å². The third-order valence-electron chi connectivity index (χ3n) is 3.32. The molecule has 1 aromatic heterocycles. The highest BCUT2D eigenvalue weighted by Crippen LogP contribution is 2.18. The van der Waals surface area contributed by atoms with Gasteiger partial charge in [-0.2, -0.15) is 0 Å². The van der Waals surface area contributed by atoms with Crippen molar-refractivity contribution in [2.75, 3.05) is 5.32 Å². The molecule has 1 N–H and O–H groups in total. The molecule has 0 aliphatic carbocycles. The molecule has 4 heteroatoms. The van der Waals surface area contributed by atoms with E-state index in [4.69, 9.17) is 9.15 Å². The maximum Gasteiger partial charge on any atom is 0.291 e. The minimum absolute atomic E-state index is 0.268. The summed E-state index contributed by atoms with van der Waals surface area (Å²) in [6.45, 7) is 2.31. The number of hydrogen-bond acceptors (Lipinski definition) is 3. The van der Waals surface area contributed by atoms with Crippen molar-refractivity contribution >= 4 is 11.6 Å². The van der Waals surface area contributed by atoms with Crippen molar-refractivity contribution in [1.82, 2.24) is 0 Å². The number of hydrogen-bond donors (Lipinski definition) is 1. The molecule has 0 fully saturated rings. The van der Waals surface area contributed by atoms with Gasteiger partial charge in [0.2, 0.25) is 0 Å². The zero-order valence-electron chi connectivity index (χ0n) is 12.8. The predicted molar refractivity (Wildman–Crippen MR) is 88.6 cm³/mol. The smallest absolute Gasteiger partial charge is 0.291 e. The van der Waals surface area contributed by atoms with Crippen LogP contribution in [0.4, 0.5) is 5.69 Å². The molecule has 0 saturated heterocycles. The lowest BCUT2D eigenvalue weighted by Gasteiger charge is -2.08. The van der Waals surface area contributed by atoms with Crippen LogP contribution in [0, 0.1) is 6.92 Å². The largest absolute Gasteiger partial charge is 0.489 e. The first kappa shape index (κ1) is 14.9. The lowest BCUT2D eigenvalue weighted by Crippen LogP contribution is -2.10. The summed E-state index contributed by atoms with van der Waals surface area (Å²) in [4.78, 5) is 12.0. The third-order valence-corrected chi connectivity index (χ3v) is 3.32. The predicted octanol–water partition coefficient (Wildman–Crippen LogP) is 4.42. The normalized spacial score (nSPS) is 10.3. The molecule has 0 bridgehead atoms. The van der Waals surface area contributed by atoms with Crippen LogP contribution in [0.15, 0.2) is 71.1 Å². The highest BCUT2D eigenvalue weighted by molar-refractivity contribution is 6.02. The van der Waals surface area contributed by atoms with Crippen LogP contribution in [-0.2, 0) is 6.61 Å². The monoisotopic (exact) mass is 307 g/mol. The van der Waals surface area contributed by atoms with E-state index in [9.17, 15) is 4.79 Å². The Morgan fingerprint density at radius 1 is 1.00 bits per heavy atom. The van der Waals surface area contributed by atoms with Crippen LogP contribution in [0.1, 0.15) is 21.9 Å². The van der Waals surface area contributed by atoms with Crippen LogP contribution >= 0.6 is 0 Å². The van der Waals surface area contributed by atoms with Gasteiger partial charge in [-0.1, -0.05) is 30.3 Å². The van der Waals surface area contributed by atoms with Gasteiger partial charge in [-0.05, 0) is 48.9 Å². The first-order valence-corrected chi connectivity index (χ1v) is 7.35. The Kier molecular flexibility index (Phi) is 4.43. The number of aryl methyl sites for hydroxylation is 1. The van der Waals surface area contributed by atoms with Gasteiger partial charge in [-0.15, -0.1) is 0 Å². The number of rotatable bonds is 5. The average molecular weight is 307 g/mol. The van der Waals surface area contributed by atoms with E-state index >= 15 is 0 Å². The van der Waals surface area contributed by atoms with Gasteiger partial charge in [0, 0.05) is 5.69 Å². The highest BCUT2D eigenvalue weighted by Gasteiger charge is 2.10. The molecule has 2 aromatic carbocycles. The SMILES string of the molecule is Cc1ccc(C(=O)Nc2ccc(OCc3ccccc3)cc2)o1. The van der Waals surface area contributed by atoms with Crippen molar-refractivity contribution in [3.05, 3.63) is 83.8 Å². The molecule has 0 saturated carbocycles. The Morgan fingerprint density at radius 2 is 1.74 bits per heavy atom. The number of ether oxygens (including phenoxy) is 1. The molecule has 1 amide bonds. The molecule has 0 atom stereocenters. The van der Waals surface area contributed by atoms with E-state index in [0.717, 1.165) is 11.3 Å². The molecule has 0 aliphatic rings. The molecule has 0 radical (unpaired) electrons. The lowest BCUT2D eigenvalue weighted by molar-refractivity contribution is 0.0995. The maximum absolute atomic E-state index is 12.0. The molecule has 3 rings (SSSR count). The van der Waals surface area contributed by atoms with Crippen LogP contribution in [-0.4, -0.2) is 5.91 Å². The summed E-state index contributed by atoms with van der Waals surface area (Å²) in [5.41, 5.74) is 1.80. The molecule has 0 spiro atoms. The van der Waals surface area contributed by atoms with E-state index in [1.54, 1.807) is 31.2 Å². The standard InChI is InChI=1S/C19H17NO3/c1-14-7-12-18(23-14)19(21)20-16-8-10-17(11-9-16)22-13-15-5-3-2-4-6-15/h2-12H,13H2,1H3,(H,20,21). The van der Waals surface area contributed by atoms with Gasteiger partial charge in [0.1, 0.15) is 18.1 Å². The van der Waals surface area contributed by atoms with E-state index in [0.29, 0.717) is 23.8 Å². The van der Waals surface area contributed by atoms with Crippen LogP contribution in [0.25, 0.3) is 0 Å². The van der Waals surface area contributed by atoms with Gasteiger partial charge in [-0.25, -0.2) is 0 Å². The highest BCUT2D eigenvalue weighted by atomic mass is 16.5. The van der Waals surface area contributed by atoms with Crippen molar-refractivity contribution in [1.29, 1.82) is 0 Å². The Hall–Kier alpha value is -3.01. The Balaban J connectivity index is 1.57. The first-order valence-electron chi connectivity index (χ1n) is 7.35. The van der Waals surface area contributed by atoms with Gasteiger partial charge in [0.15, 0.2) is 5.76 Å². The Labute approximate surface area is 134 Å². The summed E-state index contributed by atoms with van der Waals surface area (Å²) in [7, 11) is 0. The molecular weight excluding hydrogens is 290 g/mol. The van der Waals surface area contributed by atoms with Gasteiger partial charge < -0.3 is 14.5 Å². The molecule has 0 unspecified atom stereocenters. The summed E-state index contributed by atoms with van der Waals surface area (Å²) < 4.78 is 11.0. The molecule has 116 valence electrons. The van der Waals surface area contributed by atoms with Crippen LogP contribution in [0.2, 0.25) is 0 Å². The Bertz CT molecular complexity index is 776. The number of nitrogens with one attached hydrogen (secondary N) is 1. The van der Waals surface area contributed by atoms with Crippen molar-refractivity contribution < 1.29 is 13.9 Å². The zero-order chi connectivity index (χ0) is 16.1. The second-order valence-corrected chi connectivity index (χ2v) is 5.16. The summed E-state index contributed by atoms with van der Waals surface area (Å²) in [6, 6.07) is 20.6. The minimum atomic E-state index is -0.268. The van der Waals surface area contributed by atoms with Crippen molar-refractivity contribution in [3.8, 4) is 5.75 Å². The summed E-state index contributed by atoms with van der Waals surface area (Å²) in [6.07, 6.45) is 0. The number of anilines is 1. The summed E-state index contributed by atoms with van der Waals surface area (Å²) >= 11 is 0. The number of furan rings is 1. The zero-order valence-corrected chi connectivity index (χ0v) is 12.8. The lowest BCUT2D eigenvalue weighted by atomic mass is 10.2. The second kappa shape index (κ2) is 6.83. The number of carbonyl (C=O) groups is 1. The molecule has 3 aromatic rings. The molecule has 4 nitrogen and oxygen atoms in total.